The van der Waals surface area contributed by atoms with Crippen molar-refractivity contribution in [1.29, 1.82) is 0 Å². The summed E-state index contributed by atoms with van der Waals surface area (Å²) in [6.45, 7) is 2.54. The van der Waals surface area contributed by atoms with Gasteiger partial charge in [-0.2, -0.15) is 0 Å². The summed E-state index contributed by atoms with van der Waals surface area (Å²) in [7, 11) is 0. The zero-order valence-corrected chi connectivity index (χ0v) is 18.5. The van der Waals surface area contributed by atoms with Crippen molar-refractivity contribution in [2.75, 3.05) is 31.1 Å². The van der Waals surface area contributed by atoms with E-state index in [2.05, 4.69) is 31.0 Å². The molecule has 0 atom stereocenters. The minimum absolute atomic E-state index is 0.0592. The van der Waals surface area contributed by atoms with Gasteiger partial charge in [-0.15, -0.1) is 10.2 Å². The smallest absolute Gasteiger partial charge is 0.255 e. The number of aromatic nitrogens is 2. The first-order chi connectivity index (χ1) is 14.0. The molecule has 1 aromatic heterocycles. The van der Waals surface area contributed by atoms with Crippen LogP contribution in [0.15, 0.2) is 59.1 Å². The van der Waals surface area contributed by atoms with Crippen molar-refractivity contribution in [2.45, 2.75) is 0 Å². The van der Waals surface area contributed by atoms with Crippen LogP contribution >= 0.6 is 39.1 Å². The largest absolute Gasteiger partial charge is 0.352 e. The third kappa shape index (κ3) is 4.39. The average molecular weight is 492 g/mol. The van der Waals surface area contributed by atoms with E-state index in [9.17, 15) is 4.79 Å². The SMILES string of the molecule is O=C(c1cc(Br)ccc1Cl)N1CCN(c2ccc(-c3ccccc3Cl)nn2)CC1. The standard InChI is InChI=1S/C21H17BrCl2N4O/c22-14-5-6-18(24)16(13-14)21(29)28-11-9-27(10-12-28)20-8-7-19(25-26-20)15-3-1-2-4-17(15)23/h1-8,13H,9-12H2. The summed E-state index contributed by atoms with van der Waals surface area (Å²) in [5.41, 5.74) is 2.10. The molecule has 5 nitrogen and oxygen atoms in total. The Morgan fingerprint density at radius 3 is 2.34 bits per heavy atom. The highest BCUT2D eigenvalue weighted by Gasteiger charge is 2.24. The van der Waals surface area contributed by atoms with Crippen LogP contribution in [0, 0.1) is 0 Å². The Morgan fingerprint density at radius 1 is 0.897 bits per heavy atom. The van der Waals surface area contributed by atoms with Crippen LogP contribution in [-0.2, 0) is 0 Å². The quantitative estimate of drug-likeness (QED) is 0.506. The third-order valence-electron chi connectivity index (χ3n) is 4.85. The van der Waals surface area contributed by atoms with Gasteiger partial charge in [0, 0.05) is 36.2 Å². The van der Waals surface area contributed by atoms with E-state index in [-0.39, 0.29) is 5.91 Å². The van der Waals surface area contributed by atoms with Crippen LogP contribution in [0.4, 0.5) is 5.82 Å². The lowest BCUT2D eigenvalue weighted by molar-refractivity contribution is 0.0746. The second-order valence-electron chi connectivity index (χ2n) is 6.66. The Labute approximate surface area is 187 Å². The molecule has 1 aliphatic heterocycles. The number of halogens is 3. The van der Waals surface area contributed by atoms with Crippen LogP contribution in [0.3, 0.4) is 0 Å². The van der Waals surface area contributed by atoms with E-state index in [0.29, 0.717) is 41.8 Å². The van der Waals surface area contributed by atoms with E-state index in [1.807, 2.05) is 47.4 Å². The molecule has 0 saturated carbocycles. The molecule has 0 N–H and O–H groups in total. The van der Waals surface area contributed by atoms with Gasteiger partial charge in [0.1, 0.15) is 0 Å². The van der Waals surface area contributed by atoms with Gasteiger partial charge in [0.2, 0.25) is 0 Å². The number of carbonyl (C=O) groups excluding carboxylic acids is 1. The van der Waals surface area contributed by atoms with E-state index < -0.39 is 0 Å². The van der Waals surface area contributed by atoms with Crippen molar-refractivity contribution in [2.24, 2.45) is 0 Å². The van der Waals surface area contributed by atoms with Gasteiger partial charge in [-0.3, -0.25) is 4.79 Å². The van der Waals surface area contributed by atoms with E-state index >= 15 is 0 Å². The highest BCUT2D eigenvalue weighted by atomic mass is 79.9. The number of hydrogen-bond donors (Lipinski definition) is 0. The van der Waals surface area contributed by atoms with E-state index in [1.165, 1.54) is 0 Å². The van der Waals surface area contributed by atoms with Gasteiger partial charge < -0.3 is 9.80 Å². The zero-order chi connectivity index (χ0) is 20.4. The maximum Gasteiger partial charge on any atom is 0.255 e. The fourth-order valence-corrected chi connectivity index (χ4v) is 4.07. The van der Waals surface area contributed by atoms with Gasteiger partial charge in [-0.25, -0.2) is 0 Å². The maximum absolute atomic E-state index is 12.8. The number of rotatable bonds is 3. The van der Waals surface area contributed by atoms with Gasteiger partial charge >= 0.3 is 0 Å². The molecule has 3 aromatic rings. The normalized spacial score (nSPS) is 14.2. The van der Waals surface area contributed by atoms with E-state index in [0.717, 1.165) is 21.5 Å². The predicted molar refractivity (Wildman–Crippen MR) is 120 cm³/mol. The lowest BCUT2D eigenvalue weighted by atomic mass is 10.1. The number of piperazine rings is 1. The molecule has 2 heterocycles. The van der Waals surface area contributed by atoms with Crippen molar-refractivity contribution < 1.29 is 4.79 Å². The van der Waals surface area contributed by atoms with Crippen LogP contribution in [0.25, 0.3) is 11.3 Å². The van der Waals surface area contributed by atoms with Crippen molar-refractivity contribution in [3.05, 3.63) is 74.7 Å². The molecule has 1 amide bonds. The molecule has 1 saturated heterocycles. The molecule has 1 aliphatic rings. The molecule has 2 aromatic carbocycles. The van der Waals surface area contributed by atoms with Crippen molar-refractivity contribution >= 4 is 50.9 Å². The lowest BCUT2D eigenvalue weighted by Crippen LogP contribution is -2.49. The molecule has 0 spiro atoms. The summed E-state index contributed by atoms with van der Waals surface area (Å²) in [4.78, 5) is 16.7. The molecule has 29 heavy (non-hydrogen) atoms. The molecule has 0 aliphatic carbocycles. The Kier molecular flexibility index (Phi) is 6.04. The summed E-state index contributed by atoms with van der Waals surface area (Å²) in [6.07, 6.45) is 0. The Bertz CT molecular complexity index is 1040. The number of hydrogen-bond acceptors (Lipinski definition) is 4. The van der Waals surface area contributed by atoms with Gasteiger partial charge in [-0.1, -0.05) is 57.3 Å². The van der Waals surface area contributed by atoms with Crippen LogP contribution in [-0.4, -0.2) is 47.2 Å². The number of anilines is 1. The third-order valence-corrected chi connectivity index (χ3v) is 6.00. The number of benzene rings is 2. The first-order valence-electron chi connectivity index (χ1n) is 9.11. The van der Waals surface area contributed by atoms with Gasteiger partial charge in [0.15, 0.2) is 5.82 Å². The topological polar surface area (TPSA) is 49.3 Å². The summed E-state index contributed by atoms with van der Waals surface area (Å²) < 4.78 is 0.831. The number of nitrogens with zero attached hydrogens (tertiary/aromatic N) is 4. The van der Waals surface area contributed by atoms with Crippen LogP contribution < -0.4 is 4.90 Å². The minimum atomic E-state index is -0.0592. The predicted octanol–water partition coefficient (Wildman–Crippen LogP) is 5.18. The highest BCUT2D eigenvalue weighted by Crippen LogP contribution is 2.27. The van der Waals surface area contributed by atoms with Gasteiger partial charge in [0.25, 0.3) is 5.91 Å². The lowest BCUT2D eigenvalue weighted by Gasteiger charge is -2.35. The Hall–Kier alpha value is -2.15. The average Bonchev–Trinajstić information content (AvgIpc) is 2.76. The molecule has 148 valence electrons. The fraction of sp³-hybridized carbons (Fsp3) is 0.190. The summed E-state index contributed by atoms with van der Waals surface area (Å²) in [5.74, 6) is 0.726. The number of amides is 1. The second kappa shape index (κ2) is 8.69. The van der Waals surface area contributed by atoms with Crippen molar-refractivity contribution in [3.8, 4) is 11.3 Å². The highest BCUT2D eigenvalue weighted by molar-refractivity contribution is 9.10. The molecule has 8 heteroatoms. The Balaban J connectivity index is 1.43. The molecule has 0 radical (unpaired) electrons. The molecular formula is C21H17BrCl2N4O. The summed E-state index contributed by atoms with van der Waals surface area (Å²) in [6, 6.07) is 16.7. The van der Waals surface area contributed by atoms with Crippen LogP contribution in [0.5, 0.6) is 0 Å². The zero-order valence-electron chi connectivity index (χ0n) is 15.4. The maximum atomic E-state index is 12.8. The number of carbonyl (C=O) groups is 1. The van der Waals surface area contributed by atoms with E-state index in [4.69, 9.17) is 23.2 Å². The van der Waals surface area contributed by atoms with Crippen LogP contribution in [0.1, 0.15) is 10.4 Å². The molecule has 4 rings (SSSR count). The molecule has 0 bridgehead atoms. The van der Waals surface area contributed by atoms with Crippen molar-refractivity contribution in [1.82, 2.24) is 15.1 Å². The van der Waals surface area contributed by atoms with Crippen LogP contribution in [0.2, 0.25) is 10.0 Å². The monoisotopic (exact) mass is 490 g/mol. The second-order valence-corrected chi connectivity index (χ2v) is 8.39. The fourth-order valence-electron chi connectivity index (χ4n) is 3.28. The summed E-state index contributed by atoms with van der Waals surface area (Å²) >= 11 is 15.8. The van der Waals surface area contributed by atoms with Crippen molar-refractivity contribution in [3.63, 3.8) is 0 Å². The minimum Gasteiger partial charge on any atom is -0.352 e. The van der Waals surface area contributed by atoms with Gasteiger partial charge in [0.05, 0.1) is 21.3 Å². The Morgan fingerprint density at radius 2 is 1.66 bits per heavy atom. The molecular weight excluding hydrogens is 475 g/mol. The van der Waals surface area contributed by atoms with E-state index in [1.54, 1.807) is 12.1 Å². The van der Waals surface area contributed by atoms with Gasteiger partial charge in [-0.05, 0) is 36.4 Å². The molecule has 0 unspecified atom stereocenters. The first-order valence-corrected chi connectivity index (χ1v) is 10.7. The first kappa shape index (κ1) is 20.1. The summed E-state index contributed by atoms with van der Waals surface area (Å²) in [5, 5.41) is 9.79. The molecule has 1 fully saturated rings.